The molecule has 0 aromatic heterocycles. The minimum absolute atomic E-state index is 0.0463. The Morgan fingerprint density at radius 3 is 1.77 bits per heavy atom. The Hall–Kier alpha value is -1.77. The predicted octanol–water partition coefficient (Wildman–Crippen LogP) is 2.93. The van der Waals surface area contributed by atoms with Crippen LogP contribution in [0.2, 0.25) is 5.02 Å². The van der Waals surface area contributed by atoms with Crippen LogP contribution in [0.25, 0.3) is 0 Å². The molecule has 1 rings (SSSR count). The fourth-order valence-corrected chi connectivity index (χ4v) is 0.585. The number of nitriles is 2. The molecule has 0 atom stereocenters. The summed E-state index contributed by atoms with van der Waals surface area (Å²) in [6, 6.07) is 12.6. The lowest BCUT2D eigenvalue weighted by molar-refractivity contribution is 1.47. The second-order valence-electron chi connectivity index (χ2n) is 2.00. The van der Waals surface area contributed by atoms with Gasteiger partial charge in [0.05, 0.1) is 0 Å². The summed E-state index contributed by atoms with van der Waals surface area (Å²) in [5.41, 5.74) is -0.0463. The second-order valence-corrected chi connectivity index (χ2v) is 2.43. The number of hydrogen-bond donors (Lipinski definition) is 0. The fourth-order valence-electron chi connectivity index (χ4n) is 0.440. The van der Waals surface area contributed by atoms with Gasteiger partial charge in [-0.15, -0.1) is 0 Å². The minimum atomic E-state index is -0.0463. The number of allylic oxidation sites excluding steroid dienone is 1. The molecule has 64 valence electrons. The molecular weight excluding hydrogens is 184 g/mol. The minimum Gasteiger partial charge on any atom is -0.192 e. The topological polar surface area (TPSA) is 47.6 Å². The Bertz CT molecular complexity index is 327. The van der Waals surface area contributed by atoms with Crippen LogP contribution in [0.5, 0.6) is 0 Å². The number of halogens is 1. The summed E-state index contributed by atoms with van der Waals surface area (Å²) in [6.07, 6.45) is 0. The molecule has 13 heavy (non-hydrogen) atoms. The standard InChI is InChI=1S/C6H5Cl.C4H2N2/c7-6-4-2-1-3-5-6;1-4(2-5)3-6/h1-5H;1H2. The van der Waals surface area contributed by atoms with E-state index in [1.807, 2.05) is 30.3 Å². The van der Waals surface area contributed by atoms with Crippen LogP contribution in [0, 0.1) is 22.7 Å². The lowest BCUT2D eigenvalue weighted by atomic mass is 10.4. The molecule has 3 heteroatoms. The van der Waals surface area contributed by atoms with Gasteiger partial charge in [-0.05, 0) is 12.1 Å². The molecule has 0 heterocycles. The normalized spacial score (nSPS) is 7.00. The fraction of sp³-hybridized carbons (Fsp3) is 0. The van der Waals surface area contributed by atoms with Crippen LogP contribution in [0.15, 0.2) is 42.5 Å². The summed E-state index contributed by atoms with van der Waals surface area (Å²) >= 11 is 5.54. The van der Waals surface area contributed by atoms with Crippen LogP contribution in [-0.4, -0.2) is 0 Å². The van der Waals surface area contributed by atoms with E-state index >= 15 is 0 Å². The van der Waals surface area contributed by atoms with Gasteiger partial charge in [0.1, 0.15) is 17.7 Å². The van der Waals surface area contributed by atoms with Crippen molar-refractivity contribution in [1.29, 1.82) is 10.5 Å². The van der Waals surface area contributed by atoms with Crippen molar-refractivity contribution >= 4 is 11.6 Å². The molecule has 2 nitrogen and oxygen atoms in total. The van der Waals surface area contributed by atoms with Gasteiger partial charge in [-0.1, -0.05) is 36.4 Å². The summed E-state index contributed by atoms with van der Waals surface area (Å²) in [5, 5.41) is 16.3. The maximum absolute atomic E-state index is 7.76. The van der Waals surface area contributed by atoms with Crippen molar-refractivity contribution in [2.75, 3.05) is 0 Å². The van der Waals surface area contributed by atoms with Crippen molar-refractivity contribution in [2.24, 2.45) is 0 Å². The zero-order valence-corrected chi connectivity index (χ0v) is 7.62. The molecule has 0 fully saturated rings. The van der Waals surface area contributed by atoms with Gasteiger partial charge in [-0.3, -0.25) is 0 Å². The van der Waals surface area contributed by atoms with Crippen LogP contribution in [0.4, 0.5) is 0 Å². The average Bonchev–Trinajstić information content (AvgIpc) is 2.19. The molecule has 0 aliphatic carbocycles. The van der Waals surface area contributed by atoms with Gasteiger partial charge < -0.3 is 0 Å². The molecule has 0 radical (unpaired) electrons. The highest BCUT2D eigenvalue weighted by Crippen LogP contribution is 2.03. The molecule has 0 aliphatic heterocycles. The summed E-state index contributed by atoms with van der Waals surface area (Å²) < 4.78 is 0. The van der Waals surface area contributed by atoms with E-state index in [1.165, 1.54) is 0 Å². The van der Waals surface area contributed by atoms with Gasteiger partial charge in [-0.25, -0.2) is 0 Å². The molecule has 0 N–H and O–H groups in total. The van der Waals surface area contributed by atoms with E-state index in [1.54, 1.807) is 12.1 Å². The quantitative estimate of drug-likeness (QED) is 0.591. The molecular formula is C10H7ClN2. The van der Waals surface area contributed by atoms with Gasteiger partial charge in [0.25, 0.3) is 0 Å². The van der Waals surface area contributed by atoms with Crippen molar-refractivity contribution < 1.29 is 0 Å². The Labute approximate surface area is 82.3 Å². The van der Waals surface area contributed by atoms with E-state index < -0.39 is 0 Å². The predicted molar refractivity (Wildman–Crippen MR) is 51.8 cm³/mol. The van der Waals surface area contributed by atoms with Gasteiger partial charge in [0, 0.05) is 5.02 Å². The van der Waals surface area contributed by atoms with Crippen molar-refractivity contribution in [3.8, 4) is 12.1 Å². The SMILES string of the molecule is C=C(C#N)C#N.Clc1ccccc1. The summed E-state index contributed by atoms with van der Waals surface area (Å²) in [6.45, 7) is 3.07. The Kier molecular flexibility index (Phi) is 5.97. The first-order valence-electron chi connectivity index (χ1n) is 3.40. The zero-order chi connectivity index (χ0) is 10.1. The monoisotopic (exact) mass is 190 g/mol. The first kappa shape index (κ1) is 11.2. The third-order valence-electron chi connectivity index (χ3n) is 1.00. The number of rotatable bonds is 0. The Balaban J connectivity index is 0.000000226. The molecule has 1 aromatic rings. The lowest BCUT2D eigenvalue weighted by Crippen LogP contribution is -1.58. The Morgan fingerprint density at radius 1 is 1.15 bits per heavy atom. The van der Waals surface area contributed by atoms with E-state index in [9.17, 15) is 0 Å². The molecule has 0 unspecified atom stereocenters. The first-order valence-corrected chi connectivity index (χ1v) is 3.78. The second kappa shape index (κ2) is 6.91. The summed E-state index contributed by atoms with van der Waals surface area (Å²) in [5.74, 6) is 0. The van der Waals surface area contributed by atoms with Crippen molar-refractivity contribution in [3.63, 3.8) is 0 Å². The number of benzene rings is 1. The van der Waals surface area contributed by atoms with E-state index in [0.717, 1.165) is 5.02 Å². The van der Waals surface area contributed by atoms with Crippen LogP contribution in [-0.2, 0) is 0 Å². The number of nitrogens with zero attached hydrogens (tertiary/aromatic N) is 2. The van der Waals surface area contributed by atoms with Crippen LogP contribution in [0.3, 0.4) is 0 Å². The largest absolute Gasteiger partial charge is 0.192 e. The summed E-state index contributed by atoms with van der Waals surface area (Å²) in [7, 11) is 0. The zero-order valence-electron chi connectivity index (χ0n) is 6.87. The van der Waals surface area contributed by atoms with E-state index in [-0.39, 0.29) is 5.57 Å². The van der Waals surface area contributed by atoms with Gasteiger partial charge in [0.2, 0.25) is 0 Å². The van der Waals surface area contributed by atoms with Gasteiger partial charge >= 0.3 is 0 Å². The van der Waals surface area contributed by atoms with Crippen LogP contribution < -0.4 is 0 Å². The van der Waals surface area contributed by atoms with E-state index in [2.05, 4.69) is 6.58 Å². The van der Waals surface area contributed by atoms with E-state index in [0.29, 0.717) is 0 Å². The van der Waals surface area contributed by atoms with Crippen molar-refractivity contribution in [3.05, 3.63) is 47.5 Å². The molecule has 0 spiro atoms. The van der Waals surface area contributed by atoms with Gasteiger partial charge in [-0.2, -0.15) is 10.5 Å². The Morgan fingerprint density at radius 2 is 1.62 bits per heavy atom. The highest BCUT2D eigenvalue weighted by molar-refractivity contribution is 6.30. The maximum atomic E-state index is 7.76. The molecule has 0 amide bonds. The molecule has 0 bridgehead atoms. The first-order chi connectivity index (χ1) is 6.20. The third kappa shape index (κ3) is 6.62. The van der Waals surface area contributed by atoms with E-state index in [4.69, 9.17) is 22.1 Å². The average molecular weight is 191 g/mol. The maximum Gasteiger partial charge on any atom is 0.122 e. The summed E-state index contributed by atoms with van der Waals surface area (Å²) in [4.78, 5) is 0. The number of hydrogen-bond acceptors (Lipinski definition) is 2. The van der Waals surface area contributed by atoms with Crippen LogP contribution in [0.1, 0.15) is 0 Å². The van der Waals surface area contributed by atoms with Crippen LogP contribution >= 0.6 is 11.6 Å². The highest BCUT2D eigenvalue weighted by atomic mass is 35.5. The highest BCUT2D eigenvalue weighted by Gasteiger charge is 1.76. The van der Waals surface area contributed by atoms with Crippen molar-refractivity contribution in [2.45, 2.75) is 0 Å². The molecule has 0 saturated heterocycles. The van der Waals surface area contributed by atoms with Gasteiger partial charge in [0.15, 0.2) is 0 Å². The molecule has 1 aromatic carbocycles. The molecule has 0 aliphatic rings. The third-order valence-corrected chi connectivity index (χ3v) is 1.26. The van der Waals surface area contributed by atoms with Crippen molar-refractivity contribution in [1.82, 2.24) is 0 Å². The molecule has 0 saturated carbocycles. The smallest absolute Gasteiger partial charge is 0.122 e. The lowest BCUT2D eigenvalue weighted by Gasteiger charge is -1.80.